The molecule has 0 atom stereocenters. The standard InChI is InChI=1S/C9H15NO/c1-4-5-6-7-9(2,3)10-8-11/h6-7H,4-5H2,1-3H3/b7-6+. The fourth-order valence-corrected chi connectivity index (χ4v) is 0.693. The molecule has 0 aliphatic rings. The summed E-state index contributed by atoms with van der Waals surface area (Å²) in [5.74, 6) is 0. The molecule has 0 aliphatic heterocycles. The minimum Gasteiger partial charge on any atom is -0.211 e. The Labute approximate surface area is 68.0 Å². The molecule has 0 saturated carbocycles. The van der Waals surface area contributed by atoms with Crippen molar-refractivity contribution < 1.29 is 4.79 Å². The summed E-state index contributed by atoms with van der Waals surface area (Å²) in [7, 11) is 0. The Morgan fingerprint density at radius 1 is 1.55 bits per heavy atom. The molecule has 62 valence electrons. The zero-order chi connectivity index (χ0) is 8.74. The maximum atomic E-state index is 9.93. The van der Waals surface area contributed by atoms with E-state index < -0.39 is 0 Å². The first-order valence-corrected chi connectivity index (χ1v) is 3.89. The number of nitrogens with zero attached hydrogens (tertiary/aromatic N) is 1. The van der Waals surface area contributed by atoms with Crippen molar-refractivity contribution in [2.45, 2.75) is 39.2 Å². The van der Waals surface area contributed by atoms with Crippen LogP contribution >= 0.6 is 0 Å². The van der Waals surface area contributed by atoms with Crippen LogP contribution in [0.4, 0.5) is 0 Å². The summed E-state index contributed by atoms with van der Waals surface area (Å²) in [5, 5.41) is 0. The SMILES string of the molecule is CCC/C=C/C(C)(C)N=C=O. The van der Waals surface area contributed by atoms with E-state index in [-0.39, 0.29) is 5.54 Å². The molecule has 0 N–H and O–H groups in total. The fraction of sp³-hybridized carbons (Fsp3) is 0.667. The van der Waals surface area contributed by atoms with E-state index in [9.17, 15) is 4.79 Å². The topological polar surface area (TPSA) is 29.4 Å². The number of allylic oxidation sites excluding steroid dienone is 1. The molecule has 0 aromatic rings. The number of carbonyl (C=O) groups excluding carboxylic acids is 1. The van der Waals surface area contributed by atoms with Crippen LogP contribution in [-0.4, -0.2) is 11.6 Å². The van der Waals surface area contributed by atoms with E-state index in [2.05, 4.69) is 11.9 Å². The molecule has 0 aromatic carbocycles. The van der Waals surface area contributed by atoms with Crippen LogP contribution in [-0.2, 0) is 4.79 Å². The number of aliphatic imine (C=N–C) groups is 1. The van der Waals surface area contributed by atoms with Gasteiger partial charge in [0.1, 0.15) is 0 Å². The summed E-state index contributed by atoms with van der Waals surface area (Å²) in [6, 6.07) is 0. The van der Waals surface area contributed by atoms with Crippen LogP contribution in [0.1, 0.15) is 33.6 Å². The second kappa shape index (κ2) is 4.86. The van der Waals surface area contributed by atoms with Crippen LogP contribution in [0.3, 0.4) is 0 Å². The summed E-state index contributed by atoms with van der Waals surface area (Å²) >= 11 is 0. The summed E-state index contributed by atoms with van der Waals surface area (Å²) in [5.41, 5.74) is -0.378. The van der Waals surface area contributed by atoms with Crippen molar-refractivity contribution in [3.8, 4) is 0 Å². The second-order valence-electron chi connectivity index (χ2n) is 3.05. The molecule has 11 heavy (non-hydrogen) atoms. The lowest BCUT2D eigenvalue weighted by Crippen LogP contribution is -2.11. The van der Waals surface area contributed by atoms with Gasteiger partial charge in [-0.05, 0) is 20.3 Å². The van der Waals surface area contributed by atoms with Crippen LogP contribution in [0, 0.1) is 0 Å². The van der Waals surface area contributed by atoms with Gasteiger partial charge in [0.05, 0.1) is 5.54 Å². The lowest BCUT2D eigenvalue weighted by Gasteiger charge is -2.09. The Hall–Kier alpha value is -0.880. The molecule has 0 amide bonds. The van der Waals surface area contributed by atoms with Crippen LogP contribution in [0.2, 0.25) is 0 Å². The number of unbranched alkanes of at least 4 members (excludes halogenated alkanes) is 1. The highest BCUT2D eigenvalue weighted by atomic mass is 16.1. The Bertz CT molecular complexity index is 176. The van der Waals surface area contributed by atoms with Gasteiger partial charge in [-0.15, -0.1) is 0 Å². The van der Waals surface area contributed by atoms with E-state index in [0.29, 0.717) is 0 Å². The predicted molar refractivity (Wildman–Crippen MR) is 46.2 cm³/mol. The fourth-order valence-electron chi connectivity index (χ4n) is 0.693. The quantitative estimate of drug-likeness (QED) is 0.346. The van der Waals surface area contributed by atoms with Crippen molar-refractivity contribution in [3.63, 3.8) is 0 Å². The van der Waals surface area contributed by atoms with E-state index in [1.807, 2.05) is 26.0 Å². The molecular weight excluding hydrogens is 138 g/mol. The van der Waals surface area contributed by atoms with Crippen molar-refractivity contribution in [2.24, 2.45) is 4.99 Å². The minimum atomic E-state index is -0.378. The van der Waals surface area contributed by atoms with Gasteiger partial charge in [0.25, 0.3) is 0 Å². The maximum Gasteiger partial charge on any atom is 0.235 e. The van der Waals surface area contributed by atoms with E-state index in [1.165, 1.54) is 0 Å². The number of hydrogen-bond donors (Lipinski definition) is 0. The van der Waals surface area contributed by atoms with Gasteiger partial charge in [-0.1, -0.05) is 25.5 Å². The first-order chi connectivity index (χ1) is 5.12. The average molecular weight is 153 g/mol. The van der Waals surface area contributed by atoms with Crippen LogP contribution < -0.4 is 0 Å². The second-order valence-corrected chi connectivity index (χ2v) is 3.05. The number of rotatable bonds is 4. The summed E-state index contributed by atoms with van der Waals surface area (Å²) in [6.07, 6.45) is 7.69. The van der Waals surface area contributed by atoms with Crippen molar-refractivity contribution in [1.82, 2.24) is 0 Å². The average Bonchev–Trinajstić information content (AvgIpc) is 1.87. The number of hydrogen-bond acceptors (Lipinski definition) is 2. The molecule has 2 nitrogen and oxygen atoms in total. The molecule has 0 saturated heterocycles. The molecule has 0 radical (unpaired) electrons. The van der Waals surface area contributed by atoms with Gasteiger partial charge in [0.2, 0.25) is 6.08 Å². The smallest absolute Gasteiger partial charge is 0.211 e. The zero-order valence-corrected chi connectivity index (χ0v) is 7.42. The van der Waals surface area contributed by atoms with E-state index in [4.69, 9.17) is 0 Å². The first-order valence-electron chi connectivity index (χ1n) is 3.89. The highest BCUT2D eigenvalue weighted by Gasteiger charge is 2.09. The third-order valence-corrected chi connectivity index (χ3v) is 1.31. The largest absolute Gasteiger partial charge is 0.235 e. The summed E-state index contributed by atoms with van der Waals surface area (Å²) in [6.45, 7) is 5.87. The van der Waals surface area contributed by atoms with Crippen molar-refractivity contribution >= 4 is 6.08 Å². The molecule has 0 aromatic heterocycles. The lowest BCUT2D eigenvalue weighted by molar-refractivity contribution is 0.550. The molecule has 0 rings (SSSR count). The van der Waals surface area contributed by atoms with Crippen LogP contribution in [0.5, 0.6) is 0 Å². The maximum absolute atomic E-state index is 9.93. The predicted octanol–water partition coefficient (Wildman–Crippen LogP) is 2.46. The highest BCUT2D eigenvalue weighted by molar-refractivity contribution is 5.35. The van der Waals surface area contributed by atoms with E-state index >= 15 is 0 Å². The summed E-state index contributed by atoms with van der Waals surface area (Å²) in [4.78, 5) is 13.6. The normalized spacial score (nSPS) is 11.5. The van der Waals surface area contributed by atoms with Crippen molar-refractivity contribution in [3.05, 3.63) is 12.2 Å². The Morgan fingerprint density at radius 2 is 2.18 bits per heavy atom. The molecule has 0 bridgehead atoms. The van der Waals surface area contributed by atoms with Gasteiger partial charge < -0.3 is 0 Å². The van der Waals surface area contributed by atoms with Crippen molar-refractivity contribution in [2.75, 3.05) is 0 Å². The summed E-state index contributed by atoms with van der Waals surface area (Å²) < 4.78 is 0. The van der Waals surface area contributed by atoms with Gasteiger partial charge in [-0.25, -0.2) is 4.79 Å². The van der Waals surface area contributed by atoms with E-state index in [0.717, 1.165) is 12.8 Å². The first kappa shape index (κ1) is 10.1. The third-order valence-electron chi connectivity index (χ3n) is 1.31. The van der Waals surface area contributed by atoms with Gasteiger partial charge in [0.15, 0.2) is 0 Å². The van der Waals surface area contributed by atoms with Gasteiger partial charge in [-0.3, -0.25) is 0 Å². The Morgan fingerprint density at radius 3 is 2.64 bits per heavy atom. The van der Waals surface area contributed by atoms with Gasteiger partial charge in [0, 0.05) is 0 Å². The zero-order valence-electron chi connectivity index (χ0n) is 7.42. The van der Waals surface area contributed by atoms with E-state index in [1.54, 1.807) is 6.08 Å². The Kier molecular flexibility index (Phi) is 4.47. The molecule has 2 heteroatoms. The van der Waals surface area contributed by atoms with Gasteiger partial charge in [-0.2, -0.15) is 4.99 Å². The third kappa shape index (κ3) is 5.56. The van der Waals surface area contributed by atoms with Gasteiger partial charge >= 0.3 is 0 Å². The number of isocyanates is 1. The molecule has 0 fully saturated rings. The molecule has 0 aliphatic carbocycles. The Balaban J connectivity index is 3.99. The van der Waals surface area contributed by atoms with Crippen LogP contribution in [0.25, 0.3) is 0 Å². The van der Waals surface area contributed by atoms with Crippen LogP contribution in [0.15, 0.2) is 17.1 Å². The minimum absolute atomic E-state index is 0.378. The molecule has 0 heterocycles. The highest BCUT2D eigenvalue weighted by Crippen LogP contribution is 2.09. The monoisotopic (exact) mass is 153 g/mol. The molecule has 0 spiro atoms. The molecular formula is C9H15NO. The lowest BCUT2D eigenvalue weighted by atomic mass is 10.1. The molecule has 0 unspecified atom stereocenters. The van der Waals surface area contributed by atoms with Crippen molar-refractivity contribution in [1.29, 1.82) is 0 Å².